The van der Waals surface area contributed by atoms with Crippen LogP contribution in [0, 0.1) is 0 Å². The number of amides is 1. The maximum atomic E-state index is 12.2. The zero-order valence-corrected chi connectivity index (χ0v) is 13.8. The van der Waals surface area contributed by atoms with Crippen LogP contribution in [0.4, 0.5) is 0 Å². The molecule has 0 aliphatic heterocycles. The van der Waals surface area contributed by atoms with Crippen LogP contribution in [0.15, 0.2) is 36.7 Å². The van der Waals surface area contributed by atoms with Crippen molar-refractivity contribution >= 4 is 17.5 Å². The average molecular weight is 321 g/mol. The molecule has 1 unspecified atom stereocenters. The Bertz CT molecular complexity index is 621. The summed E-state index contributed by atoms with van der Waals surface area (Å²) in [5.74, 6) is 0.789. The summed E-state index contributed by atoms with van der Waals surface area (Å²) in [4.78, 5) is 18.6. The summed E-state index contributed by atoms with van der Waals surface area (Å²) < 4.78 is 1.91. The summed E-state index contributed by atoms with van der Waals surface area (Å²) in [6, 6.07) is 7.17. The van der Waals surface area contributed by atoms with E-state index in [-0.39, 0.29) is 11.9 Å². The van der Waals surface area contributed by atoms with Gasteiger partial charge in [0.1, 0.15) is 11.9 Å². The number of rotatable bonds is 6. The SMILES string of the molecule is CN(C)CCC(=O)NC(c1ccc(Cl)cc1)c1nccn1C. The molecule has 5 nitrogen and oxygen atoms in total. The molecule has 0 bridgehead atoms. The van der Waals surface area contributed by atoms with Crippen molar-refractivity contribution in [2.75, 3.05) is 20.6 Å². The Hall–Kier alpha value is -1.85. The molecule has 1 aromatic carbocycles. The molecule has 0 saturated heterocycles. The van der Waals surface area contributed by atoms with Crippen LogP contribution in [0.2, 0.25) is 5.02 Å². The minimum atomic E-state index is -0.285. The van der Waals surface area contributed by atoms with Gasteiger partial charge >= 0.3 is 0 Å². The van der Waals surface area contributed by atoms with Gasteiger partial charge in [0.05, 0.1) is 0 Å². The fraction of sp³-hybridized carbons (Fsp3) is 0.375. The van der Waals surface area contributed by atoms with Crippen LogP contribution in [0.1, 0.15) is 23.9 Å². The molecule has 0 saturated carbocycles. The van der Waals surface area contributed by atoms with Crippen LogP contribution >= 0.6 is 11.6 Å². The first-order valence-corrected chi connectivity index (χ1v) is 7.52. The Morgan fingerprint density at radius 3 is 2.59 bits per heavy atom. The summed E-state index contributed by atoms with van der Waals surface area (Å²) in [6.07, 6.45) is 4.04. The molecule has 2 rings (SSSR count). The number of aromatic nitrogens is 2. The smallest absolute Gasteiger partial charge is 0.222 e. The average Bonchev–Trinajstić information content (AvgIpc) is 2.90. The van der Waals surface area contributed by atoms with Gasteiger partial charge in [-0.15, -0.1) is 0 Å². The summed E-state index contributed by atoms with van der Waals surface area (Å²) in [5.41, 5.74) is 0.955. The van der Waals surface area contributed by atoms with E-state index in [9.17, 15) is 4.79 Å². The van der Waals surface area contributed by atoms with Crippen LogP contribution in [0.3, 0.4) is 0 Å². The van der Waals surface area contributed by atoms with Crippen molar-refractivity contribution in [3.05, 3.63) is 53.1 Å². The predicted octanol–water partition coefficient (Wildman–Crippen LogP) is 2.23. The molecule has 0 radical (unpaired) electrons. The van der Waals surface area contributed by atoms with Gasteiger partial charge < -0.3 is 14.8 Å². The van der Waals surface area contributed by atoms with Gasteiger partial charge in [-0.2, -0.15) is 0 Å². The van der Waals surface area contributed by atoms with Gasteiger partial charge in [-0.05, 0) is 31.8 Å². The number of benzene rings is 1. The number of hydrogen-bond donors (Lipinski definition) is 1. The highest BCUT2D eigenvalue weighted by molar-refractivity contribution is 6.30. The van der Waals surface area contributed by atoms with E-state index in [0.717, 1.165) is 11.4 Å². The molecule has 1 heterocycles. The highest BCUT2D eigenvalue weighted by Gasteiger charge is 2.20. The third-order valence-electron chi connectivity index (χ3n) is 3.41. The normalized spacial score (nSPS) is 12.4. The van der Waals surface area contributed by atoms with Crippen molar-refractivity contribution in [3.8, 4) is 0 Å². The number of halogens is 1. The van der Waals surface area contributed by atoms with Crippen molar-refractivity contribution < 1.29 is 4.79 Å². The van der Waals surface area contributed by atoms with Crippen molar-refractivity contribution in [2.24, 2.45) is 7.05 Å². The van der Waals surface area contributed by atoms with Gasteiger partial charge in [-0.1, -0.05) is 23.7 Å². The summed E-state index contributed by atoms with van der Waals surface area (Å²) in [6.45, 7) is 0.708. The van der Waals surface area contributed by atoms with Crippen molar-refractivity contribution in [1.29, 1.82) is 0 Å². The quantitative estimate of drug-likeness (QED) is 0.888. The second kappa shape index (κ2) is 7.42. The second-order valence-electron chi connectivity index (χ2n) is 5.50. The van der Waals surface area contributed by atoms with Crippen molar-refractivity contribution in [2.45, 2.75) is 12.5 Å². The highest BCUT2D eigenvalue weighted by atomic mass is 35.5. The number of aryl methyl sites for hydroxylation is 1. The Balaban J connectivity index is 2.21. The standard InChI is InChI=1S/C16H21ClN4O/c1-20(2)10-8-14(22)19-15(16-18-9-11-21(16)3)12-4-6-13(17)7-5-12/h4-7,9,11,15H,8,10H2,1-3H3,(H,19,22). The summed E-state index contributed by atoms with van der Waals surface area (Å²) in [7, 11) is 5.81. The zero-order valence-electron chi connectivity index (χ0n) is 13.1. The van der Waals surface area contributed by atoms with Gasteiger partial charge in [0, 0.05) is 37.4 Å². The number of hydrogen-bond acceptors (Lipinski definition) is 3. The van der Waals surface area contributed by atoms with Crippen LogP contribution < -0.4 is 5.32 Å². The van der Waals surface area contributed by atoms with Gasteiger partial charge in [0.25, 0.3) is 0 Å². The van der Waals surface area contributed by atoms with Crippen molar-refractivity contribution in [1.82, 2.24) is 19.8 Å². The Morgan fingerprint density at radius 1 is 1.36 bits per heavy atom. The number of nitrogens with zero attached hydrogens (tertiary/aromatic N) is 3. The van der Waals surface area contributed by atoms with Crippen LogP contribution in [-0.2, 0) is 11.8 Å². The molecule has 2 aromatic rings. The molecule has 0 spiro atoms. The predicted molar refractivity (Wildman–Crippen MR) is 87.8 cm³/mol. The summed E-state index contributed by atoms with van der Waals surface area (Å²) in [5, 5.41) is 3.73. The second-order valence-corrected chi connectivity index (χ2v) is 5.94. The fourth-order valence-electron chi connectivity index (χ4n) is 2.17. The molecule has 0 aliphatic rings. The minimum Gasteiger partial charge on any atom is -0.342 e. The van der Waals surface area contributed by atoms with E-state index in [1.807, 2.05) is 61.1 Å². The van der Waals surface area contributed by atoms with E-state index in [0.29, 0.717) is 18.0 Å². The number of imidazole rings is 1. The number of carbonyl (C=O) groups is 1. The molecule has 118 valence electrons. The molecule has 0 fully saturated rings. The molecular formula is C16H21ClN4O. The third-order valence-corrected chi connectivity index (χ3v) is 3.66. The van der Waals surface area contributed by atoms with E-state index in [1.54, 1.807) is 6.20 Å². The molecule has 0 aliphatic carbocycles. The molecule has 6 heteroatoms. The van der Waals surface area contributed by atoms with Crippen LogP contribution in [0.5, 0.6) is 0 Å². The fourth-order valence-corrected chi connectivity index (χ4v) is 2.29. The molecular weight excluding hydrogens is 300 g/mol. The maximum Gasteiger partial charge on any atom is 0.222 e. The lowest BCUT2D eigenvalue weighted by Gasteiger charge is -2.20. The van der Waals surface area contributed by atoms with Gasteiger partial charge in [-0.25, -0.2) is 4.98 Å². The van der Waals surface area contributed by atoms with Gasteiger partial charge in [0.2, 0.25) is 5.91 Å². The van der Waals surface area contributed by atoms with Gasteiger partial charge in [0.15, 0.2) is 0 Å². The lowest BCUT2D eigenvalue weighted by Crippen LogP contribution is -2.33. The van der Waals surface area contributed by atoms with E-state index in [2.05, 4.69) is 10.3 Å². The van der Waals surface area contributed by atoms with E-state index in [1.165, 1.54) is 0 Å². The first kappa shape index (κ1) is 16.5. The molecule has 22 heavy (non-hydrogen) atoms. The minimum absolute atomic E-state index is 0.00310. The summed E-state index contributed by atoms with van der Waals surface area (Å²) >= 11 is 5.95. The number of nitrogens with one attached hydrogen (secondary N) is 1. The van der Waals surface area contributed by atoms with E-state index >= 15 is 0 Å². The zero-order chi connectivity index (χ0) is 16.1. The lowest BCUT2D eigenvalue weighted by atomic mass is 10.1. The largest absolute Gasteiger partial charge is 0.342 e. The van der Waals surface area contributed by atoms with Crippen molar-refractivity contribution in [3.63, 3.8) is 0 Å². The van der Waals surface area contributed by atoms with Crippen LogP contribution in [0.25, 0.3) is 0 Å². The molecule has 1 atom stereocenters. The molecule has 1 amide bonds. The first-order chi connectivity index (χ1) is 10.5. The maximum absolute atomic E-state index is 12.2. The Morgan fingerprint density at radius 2 is 2.05 bits per heavy atom. The molecule has 1 N–H and O–H groups in total. The molecule has 1 aromatic heterocycles. The number of carbonyl (C=O) groups excluding carboxylic acids is 1. The van der Waals surface area contributed by atoms with Crippen LogP contribution in [-0.4, -0.2) is 41.0 Å². The topological polar surface area (TPSA) is 50.2 Å². The van der Waals surface area contributed by atoms with E-state index < -0.39 is 0 Å². The monoisotopic (exact) mass is 320 g/mol. The highest BCUT2D eigenvalue weighted by Crippen LogP contribution is 2.22. The Labute approximate surface area is 135 Å². The third kappa shape index (κ3) is 4.32. The first-order valence-electron chi connectivity index (χ1n) is 7.14. The Kier molecular flexibility index (Phi) is 5.57. The lowest BCUT2D eigenvalue weighted by molar-refractivity contribution is -0.121. The van der Waals surface area contributed by atoms with E-state index in [4.69, 9.17) is 11.6 Å². The van der Waals surface area contributed by atoms with Gasteiger partial charge in [-0.3, -0.25) is 4.79 Å².